The van der Waals surface area contributed by atoms with Crippen LogP contribution in [0.4, 0.5) is 0 Å². The number of aryl methyl sites for hydroxylation is 1. The summed E-state index contributed by atoms with van der Waals surface area (Å²) < 4.78 is 1.90. The number of nitrogens with one attached hydrogen (secondary N) is 1. The number of nitrogens with zero attached hydrogens (tertiary/aromatic N) is 3. The first-order valence-corrected chi connectivity index (χ1v) is 8.65. The number of pyridine rings is 1. The fourth-order valence-electron chi connectivity index (χ4n) is 3.43. The van der Waals surface area contributed by atoms with Gasteiger partial charge < -0.3 is 9.72 Å². The zero-order valence-electron chi connectivity index (χ0n) is 14.1. The average molecular weight is 314 g/mol. The van der Waals surface area contributed by atoms with E-state index < -0.39 is 0 Å². The van der Waals surface area contributed by atoms with Gasteiger partial charge in [-0.05, 0) is 44.4 Å². The highest BCUT2D eigenvalue weighted by atomic mass is 16.1. The Labute approximate surface area is 137 Å². The highest BCUT2D eigenvalue weighted by Gasteiger charge is 2.20. The predicted octanol–water partition coefficient (Wildman–Crippen LogP) is 2.64. The molecule has 0 spiro atoms. The molecule has 0 aliphatic carbocycles. The molecule has 1 N–H and O–H groups in total. The maximum absolute atomic E-state index is 12.3. The van der Waals surface area contributed by atoms with E-state index in [0.717, 1.165) is 24.3 Å². The molecular weight excluding hydrogens is 288 g/mol. The van der Waals surface area contributed by atoms with Crippen LogP contribution in [0.15, 0.2) is 24.5 Å². The van der Waals surface area contributed by atoms with Crippen LogP contribution in [-0.4, -0.2) is 45.9 Å². The smallest absolute Gasteiger partial charge is 0.271 e. The van der Waals surface area contributed by atoms with E-state index in [4.69, 9.17) is 0 Å². The fourth-order valence-corrected chi connectivity index (χ4v) is 3.43. The summed E-state index contributed by atoms with van der Waals surface area (Å²) in [6.45, 7) is 7.04. The molecule has 1 atom stereocenters. The lowest BCUT2D eigenvalue weighted by Gasteiger charge is -2.35. The van der Waals surface area contributed by atoms with E-state index in [2.05, 4.69) is 22.1 Å². The first-order chi connectivity index (χ1) is 11.2. The second-order valence-electron chi connectivity index (χ2n) is 6.45. The standard InChI is InChI=1S/C18H26N4O/c1-3-15-6-4-5-10-21(15)11-9-19-18(23)16-13-22-12-14(2)7-8-17(22)20-16/h7-8,12-13,15H,3-6,9-11H2,1-2H3,(H,19,23)/t15-/m0/s1. The molecule has 1 amide bonds. The predicted molar refractivity (Wildman–Crippen MR) is 91.8 cm³/mol. The molecule has 0 bridgehead atoms. The number of carbonyl (C=O) groups excluding carboxylic acids is 1. The quantitative estimate of drug-likeness (QED) is 0.923. The summed E-state index contributed by atoms with van der Waals surface area (Å²) in [5, 5.41) is 3.01. The molecule has 2 aromatic heterocycles. The van der Waals surface area contributed by atoms with Crippen molar-refractivity contribution in [1.29, 1.82) is 0 Å². The summed E-state index contributed by atoms with van der Waals surface area (Å²) in [6, 6.07) is 4.62. The highest BCUT2D eigenvalue weighted by molar-refractivity contribution is 5.92. The molecule has 3 heterocycles. The van der Waals surface area contributed by atoms with E-state index in [1.54, 1.807) is 6.20 Å². The van der Waals surface area contributed by atoms with Gasteiger partial charge in [-0.1, -0.05) is 19.4 Å². The second kappa shape index (κ2) is 7.13. The first-order valence-electron chi connectivity index (χ1n) is 8.65. The van der Waals surface area contributed by atoms with E-state index in [9.17, 15) is 4.79 Å². The monoisotopic (exact) mass is 314 g/mol. The SMILES string of the molecule is CC[C@H]1CCCCN1CCNC(=O)c1cn2cc(C)ccc2n1. The van der Waals surface area contributed by atoms with E-state index in [1.165, 1.54) is 25.7 Å². The Morgan fingerprint density at radius 3 is 3.04 bits per heavy atom. The third kappa shape index (κ3) is 3.72. The van der Waals surface area contributed by atoms with Gasteiger partial charge in [-0.25, -0.2) is 4.98 Å². The van der Waals surface area contributed by atoms with E-state index in [0.29, 0.717) is 18.3 Å². The maximum Gasteiger partial charge on any atom is 0.271 e. The Hall–Kier alpha value is -1.88. The van der Waals surface area contributed by atoms with Gasteiger partial charge in [0.2, 0.25) is 0 Å². The summed E-state index contributed by atoms with van der Waals surface area (Å²) in [5.41, 5.74) is 2.45. The van der Waals surface area contributed by atoms with Crippen LogP contribution in [-0.2, 0) is 0 Å². The van der Waals surface area contributed by atoms with Gasteiger partial charge >= 0.3 is 0 Å². The lowest BCUT2D eigenvalue weighted by atomic mass is 10.0. The largest absolute Gasteiger partial charge is 0.349 e. The molecule has 0 radical (unpaired) electrons. The van der Waals surface area contributed by atoms with Gasteiger partial charge in [-0.2, -0.15) is 0 Å². The Bertz CT molecular complexity index is 679. The number of hydrogen-bond donors (Lipinski definition) is 1. The second-order valence-corrected chi connectivity index (χ2v) is 6.45. The van der Waals surface area contributed by atoms with E-state index in [1.807, 2.05) is 29.7 Å². The average Bonchev–Trinajstić information content (AvgIpc) is 2.98. The number of rotatable bonds is 5. The Morgan fingerprint density at radius 1 is 1.35 bits per heavy atom. The minimum atomic E-state index is -0.0867. The summed E-state index contributed by atoms with van der Waals surface area (Å²) in [5.74, 6) is -0.0867. The minimum Gasteiger partial charge on any atom is -0.349 e. The molecule has 0 saturated carbocycles. The van der Waals surface area contributed by atoms with Crippen molar-refractivity contribution in [2.45, 2.75) is 45.6 Å². The van der Waals surface area contributed by atoms with Gasteiger partial charge in [0, 0.05) is 31.5 Å². The number of carbonyl (C=O) groups is 1. The van der Waals surface area contributed by atoms with Crippen molar-refractivity contribution in [1.82, 2.24) is 19.6 Å². The Kier molecular flexibility index (Phi) is 4.96. The zero-order valence-corrected chi connectivity index (χ0v) is 14.1. The zero-order chi connectivity index (χ0) is 16.2. The Balaban J connectivity index is 1.56. The summed E-state index contributed by atoms with van der Waals surface area (Å²) in [6.07, 6.45) is 8.88. The number of fused-ring (bicyclic) bond motifs is 1. The first kappa shape index (κ1) is 16.0. The molecule has 3 rings (SSSR count). The number of likely N-dealkylation sites (tertiary alicyclic amines) is 1. The Morgan fingerprint density at radius 2 is 2.22 bits per heavy atom. The van der Waals surface area contributed by atoms with Crippen molar-refractivity contribution < 1.29 is 4.79 Å². The molecule has 0 unspecified atom stereocenters. The lowest BCUT2D eigenvalue weighted by molar-refractivity contribution is 0.0930. The molecule has 1 aliphatic rings. The fraction of sp³-hybridized carbons (Fsp3) is 0.556. The number of amides is 1. The van der Waals surface area contributed by atoms with Crippen molar-refractivity contribution in [2.24, 2.45) is 0 Å². The van der Waals surface area contributed by atoms with Crippen LogP contribution in [0.2, 0.25) is 0 Å². The van der Waals surface area contributed by atoms with Crippen molar-refractivity contribution in [3.8, 4) is 0 Å². The molecule has 124 valence electrons. The molecular formula is C18H26N4O. The molecule has 1 saturated heterocycles. The van der Waals surface area contributed by atoms with Crippen molar-refractivity contribution in [3.63, 3.8) is 0 Å². The number of aromatic nitrogens is 2. The third-order valence-electron chi connectivity index (χ3n) is 4.74. The number of hydrogen-bond acceptors (Lipinski definition) is 3. The molecule has 2 aromatic rings. The van der Waals surface area contributed by atoms with Crippen molar-refractivity contribution in [2.75, 3.05) is 19.6 Å². The topological polar surface area (TPSA) is 49.6 Å². The van der Waals surface area contributed by atoms with Crippen molar-refractivity contribution in [3.05, 3.63) is 35.8 Å². The van der Waals surface area contributed by atoms with Crippen LogP contribution in [0.1, 0.15) is 48.7 Å². The van der Waals surface area contributed by atoms with Gasteiger partial charge in [0.05, 0.1) is 0 Å². The van der Waals surface area contributed by atoms with E-state index >= 15 is 0 Å². The third-order valence-corrected chi connectivity index (χ3v) is 4.74. The summed E-state index contributed by atoms with van der Waals surface area (Å²) in [4.78, 5) is 19.2. The molecule has 23 heavy (non-hydrogen) atoms. The molecule has 1 aliphatic heterocycles. The van der Waals surface area contributed by atoms with Crippen LogP contribution in [0, 0.1) is 6.92 Å². The molecule has 0 aromatic carbocycles. The van der Waals surface area contributed by atoms with Gasteiger partial charge in [-0.15, -0.1) is 0 Å². The molecule has 5 nitrogen and oxygen atoms in total. The van der Waals surface area contributed by atoms with Crippen LogP contribution in [0.3, 0.4) is 0 Å². The normalized spacial score (nSPS) is 19.1. The van der Waals surface area contributed by atoms with Crippen LogP contribution >= 0.6 is 0 Å². The number of imidazole rings is 1. The highest BCUT2D eigenvalue weighted by Crippen LogP contribution is 2.18. The summed E-state index contributed by atoms with van der Waals surface area (Å²) >= 11 is 0. The van der Waals surface area contributed by atoms with Gasteiger partial charge in [0.25, 0.3) is 5.91 Å². The van der Waals surface area contributed by atoms with Gasteiger partial charge in [0.15, 0.2) is 0 Å². The summed E-state index contributed by atoms with van der Waals surface area (Å²) in [7, 11) is 0. The lowest BCUT2D eigenvalue weighted by Crippen LogP contribution is -2.43. The van der Waals surface area contributed by atoms with Crippen LogP contribution < -0.4 is 5.32 Å². The number of piperidine rings is 1. The van der Waals surface area contributed by atoms with Crippen molar-refractivity contribution >= 4 is 11.6 Å². The minimum absolute atomic E-state index is 0.0867. The van der Waals surface area contributed by atoms with Gasteiger partial charge in [-0.3, -0.25) is 9.69 Å². The van der Waals surface area contributed by atoms with E-state index in [-0.39, 0.29) is 5.91 Å². The molecule has 5 heteroatoms. The van der Waals surface area contributed by atoms with Crippen LogP contribution in [0.25, 0.3) is 5.65 Å². The molecule has 1 fully saturated rings. The van der Waals surface area contributed by atoms with Crippen LogP contribution in [0.5, 0.6) is 0 Å². The van der Waals surface area contributed by atoms with Gasteiger partial charge in [0.1, 0.15) is 11.3 Å². The maximum atomic E-state index is 12.3.